The molecular formula is C23H28N4. The number of nitrogen functional groups attached to an aromatic ring is 1. The monoisotopic (exact) mass is 360 g/mol. The van der Waals surface area contributed by atoms with Crippen LogP contribution in [-0.4, -0.2) is 20.6 Å². The van der Waals surface area contributed by atoms with E-state index in [9.17, 15) is 0 Å². The Labute approximate surface area is 162 Å². The van der Waals surface area contributed by atoms with E-state index >= 15 is 0 Å². The van der Waals surface area contributed by atoms with Gasteiger partial charge in [0.2, 0.25) is 0 Å². The molecule has 0 radical (unpaired) electrons. The first-order valence-electron chi connectivity index (χ1n) is 9.24. The van der Waals surface area contributed by atoms with Crippen molar-refractivity contribution in [3.8, 4) is 0 Å². The quantitative estimate of drug-likeness (QED) is 0.299. The van der Waals surface area contributed by atoms with Gasteiger partial charge in [-0.3, -0.25) is 0 Å². The minimum atomic E-state index is 0.142. The molecule has 0 aliphatic heterocycles. The van der Waals surface area contributed by atoms with E-state index in [-0.39, 0.29) is 5.92 Å². The van der Waals surface area contributed by atoms with Crippen LogP contribution in [0.4, 0.5) is 17.1 Å². The maximum absolute atomic E-state index is 5.90. The number of hydrazine groups is 1. The van der Waals surface area contributed by atoms with E-state index in [0.717, 1.165) is 17.9 Å². The third kappa shape index (κ3) is 4.23. The normalized spacial score (nSPS) is 11.9. The lowest BCUT2D eigenvalue weighted by molar-refractivity contribution is 0.952. The summed E-state index contributed by atoms with van der Waals surface area (Å²) in [7, 11) is 3.95. The van der Waals surface area contributed by atoms with Crippen molar-refractivity contribution >= 4 is 17.1 Å². The number of benzene rings is 3. The SMILES string of the molecule is CCN(C)c1ccc(C(c2ccc(N)cc2)c2ccc(N(C)N)cc2)cc1. The smallest absolute Gasteiger partial charge is 0.0514 e. The van der Waals surface area contributed by atoms with Gasteiger partial charge in [0, 0.05) is 37.9 Å². The summed E-state index contributed by atoms with van der Waals surface area (Å²) >= 11 is 0. The first-order chi connectivity index (χ1) is 13.0. The summed E-state index contributed by atoms with van der Waals surface area (Å²) in [5, 5.41) is 1.62. The van der Waals surface area contributed by atoms with Gasteiger partial charge in [-0.15, -0.1) is 0 Å². The molecule has 1 unspecified atom stereocenters. The van der Waals surface area contributed by atoms with Crippen molar-refractivity contribution < 1.29 is 0 Å². The van der Waals surface area contributed by atoms with Gasteiger partial charge >= 0.3 is 0 Å². The summed E-state index contributed by atoms with van der Waals surface area (Å²) in [6.45, 7) is 3.13. The van der Waals surface area contributed by atoms with E-state index in [1.54, 1.807) is 5.01 Å². The lowest BCUT2D eigenvalue weighted by Crippen LogP contribution is -2.24. The Morgan fingerprint density at radius 1 is 0.704 bits per heavy atom. The van der Waals surface area contributed by atoms with E-state index in [1.807, 2.05) is 19.2 Å². The molecule has 0 saturated heterocycles. The number of hydrogen-bond donors (Lipinski definition) is 2. The summed E-state index contributed by atoms with van der Waals surface area (Å²) in [5.41, 5.74) is 12.6. The molecule has 1 atom stereocenters. The molecule has 0 fully saturated rings. The van der Waals surface area contributed by atoms with Crippen LogP contribution in [0.3, 0.4) is 0 Å². The van der Waals surface area contributed by atoms with Crippen LogP contribution in [0.15, 0.2) is 72.8 Å². The van der Waals surface area contributed by atoms with Gasteiger partial charge in [-0.05, 0) is 60.0 Å². The summed E-state index contributed by atoms with van der Waals surface area (Å²) in [6, 6.07) is 25.3. The van der Waals surface area contributed by atoms with Crippen molar-refractivity contribution in [3.63, 3.8) is 0 Å². The average Bonchev–Trinajstić information content (AvgIpc) is 2.70. The molecule has 0 amide bonds. The van der Waals surface area contributed by atoms with Crippen LogP contribution < -0.4 is 21.5 Å². The zero-order valence-corrected chi connectivity index (χ0v) is 16.3. The van der Waals surface area contributed by atoms with Gasteiger partial charge in [-0.1, -0.05) is 36.4 Å². The molecular weight excluding hydrogens is 332 g/mol. The van der Waals surface area contributed by atoms with Crippen LogP contribution in [0.2, 0.25) is 0 Å². The van der Waals surface area contributed by atoms with E-state index < -0.39 is 0 Å². The summed E-state index contributed by atoms with van der Waals surface area (Å²) in [6.07, 6.45) is 0. The number of anilines is 3. The second-order valence-electron chi connectivity index (χ2n) is 6.91. The van der Waals surface area contributed by atoms with Gasteiger partial charge in [0.1, 0.15) is 0 Å². The molecule has 0 heterocycles. The third-order valence-electron chi connectivity index (χ3n) is 5.05. The maximum atomic E-state index is 5.90. The molecule has 4 N–H and O–H groups in total. The Bertz CT molecular complexity index is 852. The standard InChI is InChI=1S/C23H28N4/c1-4-26(2)21-13-7-18(8-14-21)23(17-5-11-20(24)12-6-17)19-9-15-22(16-10-19)27(3)25/h5-16,23H,4,24-25H2,1-3H3. The van der Waals surface area contributed by atoms with Gasteiger partial charge in [-0.2, -0.15) is 0 Å². The van der Waals surface area contributed by atoms with Crippen molar-refractivity contribution in [1.82, 2.24) is 0 Å². The van der Waals surface area contributed by atoms with E-state index in [4.69, 9.17) is 11.6 Å². The minimum absolute atomic E-state index is 0.142. The molecule has 0 aromatic heterocycles. The maximum Gasteiger partial charge on any atom is 0.0514 e. The highest BCUT2D eigenvalue weighted by Crippen LogP contribution is 2.34. The Balaban J connectivity index is 2.03. The Morgan fingerprint density at radius 3 is 1.52 bits per heavy atom. The molecule has 140 valence electrons. The molecule has 0 spiro atoms. The fraction of sp³-hybridized carbons (Fsp3) is 0.217. The molecule has 0 aliphatic rings. The molecule has 0 bridgehead atoms. The van der Waals surface area contributed by atoms with Crippen LogP contribution in [-0.2, 0) is 0 Å². The van der Waals surface area contributed by atoms with E-state index in [0.29, 0.717) is 0 Å². The number of nitrogens with two attached hydrogens (primary N) is 2. The Hall–Kier alpha value is -2.98. The molecule has 0 saturated carbocycles. The molecule has 4 heteroatoms. The second kappa shape index (κ2) is 8.14. The largest absolute Gasteiger partial charge is 0.399 e. The zero-order valence-electron chi connectivity index (χ0n) is 16.3. The zero-order chi connectivity index (χ0) is 19.4. The van der Waals surface area contributed by atoms with E-state index in [1.165, 1.54) is 22.4 Å². The number of nitrogens with zero attached hydrogens (tertiary/aromatic N) is 2. The van der Waals surface area contributed by atoms with Gasteiger partial charge < -0.3 is 15.6 Å². The Morgan fingerprint density at radius 2 is 1.11 bits per heavy atom. The highest BCUT2D eigenvalue weighted by Gasteiger charge is 2.17. The fourth-order valence-corrected chi connectivity index (χ4v) is 3.27. The van der Waals surface area contributed by atoms with Crippen molar-refractivity contribution in [2.45, 2.75) is 12.8 Å². The molecule has 0 aliphatic carbocycles. The molecule has 3 aromatic rings. The highest BCUT2D eigenvalue weighted by molar-refractivity contribution is 5.54. The molecule has 27 heavy (non-hydrogen) atoms. The number of rotatable bonds is 6. The lowest BCUT2D eigenvalue weighted by Gasteiger charge is -2.22. The fourth-order valence-electron chi connectivity index (χ4n) is 3.27. The van der Waals surface area contributed by atoms with Crippen molar-refractivity contribution in [2.24, 2.45) is 5.84 Å². The van der Waals surface area contributed by atoms with Gasteiger partial charge in [0.25, 0.3) is 0 Å². The van der Waals surface area contributed by atoms with Crippen molar-refractivity contribution in [1.29, 1.82) is 0 Å². The van der Waals surface area contributed by atoms with Crippen LogP contribution in [0.25, 0.3) is 0 Å². The topological polar surface area (TPSA) is 58.5 Å². The van der Waals surface area contributed by atoms with Crippen LogP contribution in [0.1, 0.15) is 29.5 Å². The van der Waals surface area contributed by atoms with Crippen molar-refractivity contribution in [3.05, 3.63) is 89.5 Å². The predicted molar refractivity (Wildman–Crippen MR) is 116 cm³/mol. The van der Waals surface area contributed by atoms with Crippen molar-refractivity contribution in [2.75, 3.05) is 36.3 Å². The molecule has 4 nitrogen and oxygen atoms in total. The number of hydrogen-bond acceptors (Lipinski definition) is 4. The summed E-state index contributed by atoms with van der Waals surface area (Å²) in [4.78, 5) is 2.23. The second-order valence-corrected chi connectivity index (χ2v) is 6.91. The van der Waals surface area contributed by atoms with Gasteiger partial charge in [0.15, 0.2) is 0 Å². The van der Waals surface area contributed by atoms with Gasteiger partial charge in [0.05, 0.1) is 5.69 Å². The lowest BCUT2D eigenvalue weighted by atomic mass is 9.85. The van der Waals surface area contributed by atoms with E-state index in [2.05, 4.69) is 79.5 Å². The van der Waals surface area contributed by atoms with Crippen LogP contribution in [0, 0.1) is 0 Å². The van der Waals surface area contributed by atoms with Crippen LogP contribution in [0.5, 0.6) is 0 Å². The minimum Gasteiger partial charge on any atom is -0.399 e. The third-order valence-corrected chi connectivity index (χ3v) is 5.05. The first kappa shape index (κ1) is 18.8. The summed E-state index contributed by atoms with van der Waals surface area (Å²) in [5.74, 6) is 5.99. The highest BCUT2D eigenvalue weighted by atomic mass is 15.4. The predicted octanol–water partition coefficient (Wildman–Crippen LogP) is 4.22. The summed E-state index contributed by atoms with van der Waals surface area (Å²) < 4.78 is 0. The van der Waals surface area contributed by atoms with Gasteiger partial charge in [-0.25, -0.2) is 5.84 Å². The molecule has 3 rings (SSSR count). The Kier molecular flexibility index (Phi) is 5.67. The van der Waals surface area contributed by atoms with Crippen LogP contribution >= 0.6 is 0 Å². The average molecular weight is 361 g/mol. The molecule has 3 aromatic carbocycles. The first-order valence-corrected chi connectivity index (χ1v) is 9.24.